The molecule has 26 heavy (non-hydrogen) atoms. The van der Waals surface area contributed by atoms with E-state index in [0.29, 0.717) is 5.75 Å². The highest BCUT2D eigenvalue weighted by atomic mass is 16.5. The number of carbonyl (C=O) groups is 3. The van der Waals surface area contributed by atoms with Crippen LogP contribution in [0.3, 0.4) is 0 Å². The van der Waals surface area contributed by atoms with Gasteiger partial charge in [-0.3, -0.25) is 9.59 Å². The first-order valence-electron chi connectivity index (χ1n) is 8.82. The number of Topliss-reactive ketones (excluding diaryl/α,β-unsaturated/α-hetero) is 1. The smallest absolute Gasteiger partial charge is 0.407 e. The molecule has 3 N–H and O–H groups in total. The van der Waals surface area contributed by atoms with E-state index in [2.05, 4.69) is 12.2 Å². The summed E-state index contributed by atoms with van der Waals surface area (Å²) >= 11 is 0. The third kappa shape index (κ3) is 8.00. The summed E-state index contributed by atoms with van der Waals surface area (Å²) in [6.45, 7) is 3.48. The van der Waals surface area contributed by atoms with E-state index < -0.39 is 23.3 Å². The van der Waals surface area contributed by atoms with Gasteiger partial charge in [0.05, 0.1) is 13.0 Å². The molecule has 144 valence electrons. The van der Waals surface area contributed by atoms with Crippen LogP contribution < -0.4 is 15.8 Å². The van der Waals surface area contributed by atoms with E-state index in [-0.39, 0.29) is 19.6 Å². The molecule has 0 spiro atoms. The topological polar surface area (TPSA) is 108 Å². The number of ketones is 1. The quantitative estimate of drug-likeness (QED) is 0.554. The van der Waals surface area contributed by atoms with Crippen molar-refractivity contribution in [1.82, 2.24) is 5.32 Å². The van der Waals surface area contributed by atoms with Gasteiger partial charge in [-0.05, 0) is 25.5 Å². The van der Waals surface area contributed by atoms with Crippen molar-refractivity contribution >= 4 is 17.8 Å². The standard InChI is InChI=1S/C19H28N2O5/c1-3-4-5-9-12-25-18(24)21-19(2,13-17(20)23)16(22)14-26-15-10-7-6-8-11-15/h6-8,10-11H,3-5,9,12-14H2,1-2H3,(H2,20,23)(H,21,24). The normalized spacial score (nSPS) is 12.7. The summed E-state index contributed by atoms with van der Waals surface area (Å²) in [5.74, 6) is -0.660. The molecule has 2 amide bonds. The zero-order valence-corrected chi connectivity index (χ0v) is 15.5. The van der Waals surface area contributed by atoms with Crippen molar-refractivity contribution in [2.24, 2.45) is 5.73 Å². The summed E-state index contributed by atoms with van der Waals surface area (Å²) < 4.78 is 10.5. The second-order valence-corrected chi connectivity index (χ2v) is 6.32. The van der Waals surface area contributed by atoms with Gasteiger partial charge in [-0.1, -0.05) is 44.4 Å². The first-order chi connectivity index (χ1) is 12.4. The van der Waals surface area contributed by atoms with Crippen LogP contribution in [-0.2, 0) is 14.3 Å². The molecular formula is C19H28N2O5. The fourth-order valence-electron chi connectivity index (χ4n) is 2.34. The summed E-state index contributed by atoms with van der Waals surface area (Å²) in [5, 5.41) is 2.46. The molecule has 0 aliphatic carbocycles. The van der Waals surface area contributed by atoms with Gasteiger partial charge in [-0.15, -0.1) is 0 Å². The maximum absolute atomic E-state index is 12.5. The zero-order chi connectivity index (χ0) is 19.4. The lowest BCUT2D eigenvalue weighted by atomic mass is 9.92. The van der Waals surface area contributed by atoms with E-state index in [1.54, 1.807) is 24.3 Å². The van der Waals surface area contributed by atoms with Crippen molar-refractivity contribution in [3.8, 4) is 5.75 Å². The Labute approximate surface area is 154 Å². The van der Waals surface area contributed by atoms with Gasteiger partial charge in [-0.25, -0.2) is 4.79 Å². The number of alkyl carbamates (subject to hydrolysis) is 1. The second-order valence-electron chi connectivity index (χ2n) is 6.32. The summed E-state index contributed by atoms with van der Waals surface area (Å²) in [6, 6.07) is 8.78. The molecule has 0 bridgehead atoms. The van der Waals surface area contributed by atoms with Gasteiger partial charge in [0.25, 0.3) is 0 Å². The molecule has 0 aliphatic heterocycles. The molecule has 1 unspecified atom stereocenters. The molecule has 1 aromatic rings. The second kappa shape index (κ2) is 11.1. The Balaban J connectivity index is 2.59. The highest BCUT2D eigenvalue weighted by Gasteiger charge is 2.37. The summed E-state index contributed by atoms with van der Waals surface area (Å²) in [4.78, 5) is 35.8. The number of hydrogen-bond acceptors (Lipinski definition) is 5. The largest absolute Gasteiger partial charge is 0.486 e. The van der Waals surface area contributed by atoms with E-state index in [1.165, 1.54) is 6.92 Å². The number of nitrogens with two attached hydrogens (primary N) is 1. The molecule has 1 rings (SSSR count). The maximum atomic E-state index is 12.5. The number of amides is 2. The lowest BCUT2D eigenvalue weighted by molar-refractivity contribution is -0.131. The number of nitrogens with one attached hydrogen (secondary N) is 1. The van der Waals surface area contributed by atoms with Crippen LogP contribution in [0.5, 0.6) is 5.75 Å². The number of benzene rings is 1. The Hall–Kier alpha value is -2.57. The number of rotatable bonds is 12. The number of hydrogen-bond donors (Lipinski definition) is 2. The van der Waals surface area contributed by atoms with Gasteiger partial charge < -0.3 is 20.5 Å². The van der Waals surface area contributed by atoms with Crippen molar-refractivity contribution in [2.75, 3.05) is 13.2 Å². The van der Waals surface area contributed by atoms with Gasteiger partial charge in [0.1, 0.15) is 17.9 Å². The Morgan fingerprint density at radius 1 is 1.12 bits per heavy atom. The predicted molar refractivity (Wildman–Crippen MR) is 97.8 cm³/mol. The van der Waals surface area contributed by atoms with Gasteiger partial charge in [-0.2, -0.15) is 0 Å². The SMILES string of the molecule is CCCCCCOC(=O)NC(C)(CC(N)=O)C(=O)COc1ccccc1. The van der Waals surface area contributed by atoms with Gasteiger partial charge in [0.15, 0.2) is 5.78 Å². The molecule has 1 atom stereocenters. The van der Waals surface area contributed by atoms with Crippen molar-refractivity contribution in [3.63, 3.8) is 0 Å². The van der Waals surface area contributed by atoms with Crippen LogP contribution in [0.4, 0.5) is 4.79 Å². The highest BCUT2D eigenvalue weighted by molar-refractivity contribution is 5.96. The van der Waals surface area contributed by atoms with E-state index in [9.17, 15) is 14.4 Å². The van der Waals surface area contributed by atoms with Gasteiger partial charge in [0, 0.05) is 0 Å². The van der Waals surface area contributed by atoms with E-state index in [0.717, 1.165) is 25.7 Å². The molecule has 0 aromatic heterocycles. The molecule has 0 saturated carbocycles. The molecule has 0 aliphatic rings. The van der Waals surface area contributed by atoms with Crippen molar-refractivity contribution < 1.29 is 23.9 Å². The van der Waals surface area contributed by atoms with E-state index in [1.807, 2.05) is 6.07 Å². The third-order valence-electron chi connectivity index (χ3n) is 3.87. The molecule has 1 aromatic carbocycles. The minimum atomic E-state index is -1.49. The van der Waals surface area contributed by atoms with E-state index in [4.69, 9.17) is 15.2 Å². The van der Waals surface area contributed by atoms with Gasteiger partial charge in [0.2, 0.25) is 5.91 Å². The molecule has 0 fully saturated rings. The highest BCUT2D eigenvalue weighted by Crippen LogP contribution is 2.14. The summed E-state index contributed by atoms with van der Waals surface area (Å²) in [6.07, 6.45) is 2.77. The third-order valence-corrected chi connectivity index (χ3v) is 3.87. The molecule has 0 saturated heterocycles. The minimum Gasteiger partial charge on any atom is -0.486 e. The molecule has 7 heteroatoms. The van der Waals surface area contributed by atoms with Gasteiger partial charge >= 0.3 is 6.09 Å². The first-order valence-corrected chi connectivity index (χ1v) is 8.82. The van der Waals surface area contributed by atoms with Crippen LogP contribution in [0.2, 0.25) is 0 Å². The Morgan fingerprint density at radius 3 is 2.42 bits per heavy atom. The first kappa shape index (κ1) is 21.5. The minimum absolute atomic E-state index is 0.257. The Kier molecular flexibility index (Phi) is 9.19. The van der Waals surface area contributed by atoms with Crippen LogP contribution in [0, 0.1) is 0 Å². The lowest BCUT2D eigenvalue weighted by Crippen LogP contribution is -2.56. The van der Waals surface area contributed by atoms with Crippen molar-refractivity contribution in [2.45, 2.75) is 51.5 Å². The fourth-order valence-corrected chi connectivity index (χ4v) is 2.34. The van der Waals surface area contributed by atoms with Crippen molar-refractivity contribution in [1.29, 1.82) is 0 Å². The Morgan fingerprint density at radius 2 is 1.81 bits per heavy atom. The van der Waals surface area contributed by atoms with E-state index >= 15 is 0 Å². The van der Waals surface area contributed by atoms with Crippen LogP contribution >= 0.6 is 0 Å². The summed E-state index contributed by atoms with van der Waals surface area (Å²) in [5.41, 5.74) is 3.75. The Bertz CT molecular complexity index is 591. The molecule has 0 heterocycles. The maximum Gasteiger partial charge on any atom is 0.407 e. The summed E-state index contributed by atoms with van der Waals surface area (Å²) in [7, 11) is 0. The van der Waals surface area contributed by atoms with Crippen LogP contribution in [0.15, 0.2) is 30.3 Å². The van der Waals surface area contributed by atoms with Crippen LogP contribution in [-0.4, -0.2) is 36.5 Å². The predicted octanol–water partition coefficient (Wildman–Crippen LogP) is 2.58. The zero-order valence-electron chi connectivity index (χ0n) is 15.5. The van der Waals surface area contributed by atoms with Crippen LogP contribution in [0.25, 0.3) is 0 Å². The average molecular weight is 364 g/mol. The monoisotopic (exact) mass is 364 g/mol. The van der Waals surface area contributed by atoms with Crippen molar-refractivity contribution in [3.05, 3.63) is 30.3 Å². The van der Waals surface area contributed by atoms with Crippen LogP contribution in [0.1, 0.15) is 46.0 Å². The number of ether oxygens (including phenoxy) is 2. The molecule has 7 nitrogen and oxygen atoms in total. The lowest BCUT2D eigenvalue weighted by Gasteiger charge is -2.27. The average Bonchev–Trinajstić information content (AvgIpc) is 2.59. The number of carbonyl (C=O) groups excluding carboxylic acids is 3. The number of para-hydroxylation sites is 1. The number of primary amides is 1. The molecule has 0 radical (unpaired) electrons. The number of unbranched alkanes of at least 4 members (excludes halogenated alkanes) is 3. The molecular weight excluding hydrogens is 336 g/mol. The fraction of sp³-hybridized carbons (Fsp3) is 0.526.